The van der Waals surface area contributed by atoms with Crippen molar-refractivity contribution in [3.05, 3.63) is 53.9 Å². The molecule has 1 aliphatic rings. The van der Waals surface area contributed by atoms with Gasteiger partial charge in [-0.25, -0.2) is 0 Å². The summed E-state index contributed by atoms with van der Waals surface area (Å²) in [5.41, 5.74) is 1.89. The summed E-state index contributed by atoms with van der Waals surface area (Å²) in [6.45, 7) is 2.34. The predicted octanol–water partition coefficient (Wildman–Crippen LogP) is 2.19. The lowest BCUT2D eigenvalue weighted by Crippen LogP contribution is -2.49. The number of rotatable bonds is 7. The highest BCUT2D eigenvalue weighted by Crippen LogP contribution is 2.21. The number of carboxylic acid groups (broad SMARTS) is 1. The highest BCUT2D eigenvalue weighted by molar-refractivity contribution is 5.71. The molecule has 3 rings (SSSR count). The monoisotopic (exact) mass is 328 g/mol. The molecule has 1 saturated heterocycles. The third-order valence-electron chi connectivity index (χ3n) is 4.08. The molecule has 0 saturated carbocycles. The number of hydrogen-bond acceptors (Lipinski definition) is 5. The highest BCUT2D eigenvalue weighted by atomic mass is 16.5. The first-order chi connectivity index (χ1) is 11.7. The third-order valence-corrected chi connectivity index (χ3v) is 4.08. The molecular weight excluding hydrogens is 308 g/mol. The topological polar surface area (TPSA) is 71.9 Å². The average molecular weight is 328 g/mol. The van der Waals surface area contributed by atoms with Crippen molar-refractivity contribution >= 4 is 5.97 Å². The molecule has 1 aromatic carbocycles. The summed E-state index contributed by atoms with van der Waals surface area (Å²) in [4.78, 5) is 17.2. The van der Waals surface area contributed by atoms with E-state index >= 15 is 0 Å². The number of benzene rings is 1. The molecule has 0 radical (unpaired) electrons. The predicted molar refractivity (Wildman–Crippen MR) is 88.0 cm³/mol. The fourth-order valence-electron chi connectivity index (χ4n) is 2.67. The van der Waals surface area contributed by atoms with Gasteiger partial charge in [0.25, 0.3) is 0 Å². The first-order valence-electron chi connectivity index (χ1n) is 7.80. The average Bonchev–Trinajstić information content (AvgIpc) is 2.56. The van der Waals surface area contributed by atoms with E-state index in [1.54, 1.807) is 13.3 Å². The Bertz CT molecular complexity index is 696. The summed E-state index contributed by atoms with van der Waals surface area (Å²) in [6.07, 6.45) is 1.71. The number of pyridine rings is 1. The molecule has 0 bridgehead atoms. The van der Waals surface area contributed by atoms with Crippen molar-refractivity contribution in [2.24, 2.45) is 5.92 Å². The standard InChI is InChI=1S/C18H20N2O4/c1-23-17-3-2-8-19-16(17)12-24-15-6-4-13(5-7-15)9-20-10-14(11-20)18(21)22/h2-8,14H,9-12H2,1H3,(H,21,22). The lowest BCUT2D eigenvalue weighted by molar-refractivity contribution is -0.147. The molecule has 0 amide bonds. The lowest BCUT2D eigenvalue weighted by Gasteiger charge is -2.36. The van der Waals surface area contributed by atoms with E-state index < -0.39 is 5.97 Å². The molecule has 6 nitrogen and oxygen atoms in total. The minimum atomic E-state index is -0.708. The zero-order valence-electron chi connectivity index (χ0n) is 13.5. The zero-order valence-corrected chi connectivity index (χ0v) is 13.5. The van der Waals surface area contributed by atoms with Gasteiger partial charge in [0, 0.05) is 25.8 Å². The van der Waals surface area contributed by atoms with E-state index in [4.69, 9.17) is 14.6 Å². The Balaban J connectivity index is 1.51. The van der Waals surface area contributed by atoms with Crippen LogP contribution in [0.25, 0.3) is 0 Å². The van der Waals surface area contributed by atoms with Crippen molar-refractivity contribution < 1.29 is 19.4 Å². The van der Waals surface area contributed by atoms with Crippen molar-refractivity contribution in [2.45, 2.75) is 13.2 Å². The summed E-state index contributed by atoms with van der Waals surface area (Å²) < 4.78 is 11.0. The van der Waals surface area contributed by atoms with Crippen molar-refractivity contribution in [3.63, 3.8) is 0 Å². The molecule has 1 aromatic heterocycles. The van der Waals surface area contributed by atoms with Gasteiger partial charge >= 0.3 is 5.97 Å². The molecule has 2 heterocycles. The van der Waals surface area contributed by atoms with Gasteiger partial charge in [-0.1, -0.05) is 12.1 Å². The van der Waals surface area contributed by atoms with Gasteiger partial charge in [0.1, 0.15) is 23.8 Å². The Labute approximate surface area is 140 Å². The number of likely N-dealkylation sites (tertiary alicyclic amines) is 1. The number of carbonyl (C=O) groups is 1. The quantitative estimate of drug-likeness (QED) is 0.840. The van der Waals surface area contributed by atoms with E-state index in [-0.39, 0.29) is 5.92 Å². The SMILES string of the molecule is COc1cccnc1COc1ccc(CN2CC(C(=O)O)C2)cc1. The zero-order chi connectivity index (χ0) is 16.9. The Morgan fingerprint density at radius 2 is 2.04 bits per heavy atom. The normalized spacial score (nSPS) is 14.9. The second kappa shape index (κ2) is 7.31. The maximum absolute atomic E-state index is 10.8. The highest BCUT2D eigenvalue weighted by Gasteiger charge is 2.32. The Kier molecular flexibility index (Phi) is 4.96. The maximum Gasteiger partial charge on any atom is 0.309 e. The van der Waals surface area contributed by atoms with Crippen molar-refractivity contribution in [1.29, 1.82) is 0 Å². The van der Waals surface area contributed by atoms with Crippen LogP contribution in [0.3, 0.4) is 0 Å². The smallest absolute Gasteiger partial charge is 0.309 e. The van der Waals surface area contributed by atoms with Crippen LogP contribution in [0, 0.1) is 5.92 Å². The number of hydrogen-bond donors (Lipinski definition) is 1. The molecule has 1 fully saturated rings. The first kappa shape index (κ1) is 16.3. The van der Waals surface area contributed by atoms with Crippen molar-refractivity contribution in [1.82, 2.24) is 9.88 Å². The largest absolute Gasteiger partial charge is 0.495 e. The minimum Gasteiger partial charge on any atom is -0.495 e. The number of aliphatic carboxylic acids is 1. The van der Waals surface area contributed by atoms with E-state index in [1.807, 2.05) is 36.4 Å². The fourth-order valence-corrected chi connectivity index (χ4v) is 2.67. The summed E-state index contributed by atoms with van der Waals surface area (Å²) >= 11 is 0. The van der Waals surface area contributed by atoms with Crippen LogP contribution in [0.4, 0.5) is 0 Å². The molecule has 0 unspecified atom stereocenters. The van der Waals surface area contributed by atoms with Crippen LogP contribution >= 0.6 is 0 Å². The van der Waals surface area contributed by atoms with Gasteiger partial charge in [-0.2, -0.15) is 0 Å². The number of aromatic nitrogens is 1. The Morgan fingerprint density at radius 1 is 1.29 bits per heavy atom. The van der Waals surface area contributed by atoms with Crippen LogP contribution < -0.4 is 9.47 Å². The van der Waals surface area contributed by atoms with Gasteiger partial charge in [-0.05, 0) is 29.8 Å². The molecule has 1 N–H and O–H groups in total. The molecule has 0 atom stereocenters. The summed E-state index contributed by atoms with van der Waals surface area (Å²) in [5, 5.41) is 8.89. The van der Waals surface area contributed by atoms with Crippen molar-refractivity contribution in [3.8, 4) is 11.5 Å². The van der Waals surface area contributed by atoms with Gasteiger partial charge in [0.05, 0.1) is 13.0 Å². The van der Waals surface area contributed by atoms with Crippen LogP contribution in [0.2, 0.25) is 0 Å². The molecule has 2 aromatic rings. The Morgan fingerprint density at radius 3 is 2.71 bits per heavy atom. The van der Waals surface area contributed by atoms with Crippen LogP contribution in [-0.4, -0.2) is 41.2 Å². The summed E-state index contributed by atoms with van der Waals surface area (Å²) in [6, 6.07) is 11.5. The van der Waals surface area contributed by atoms with Gasteiger partial charge < -0.3 is 14.6 Å². The molecule has 24 heavy (non-hydrogen) atoms. The van der Waals surface area contributed by atoms with Crippen LogP contribution in [0.1, 0.15) is 11.3 Å². The summed E-state index contributed by atoms with van der Waals surface area (Å²) in [5.74, 6) is 0.541. The summed E-state index contributed by atoms with van der Waals surface area (Å²) in [7, 11) is 1.61. The van der Waals surface area contributed by atoms with E-state index in [9.17, 15) is 4.79 Å². The van der Waals surface area contributed by atoms with Crippen LogP contribution in [-0.2, 0) is 17.9 Å². The molecule has 1 aliphatic heterocycles. The molecule has 0 spiro atoms. The Hall–Kier alpha value is -2.60. The molecule has 6 heteroatoms. The van der Waals surface area contributed by atoms with Gasteiger partial charge in [0.15, 0.2) is 0 Å². The van der Waals surface area contributed by atoms with E-state index in [0.29, 0.717) is 25.4 Å². The fraction of sp³-hybridized carbons (Fsp3) is 0.333. The molecule has 126 valence electrons. The van der Waals surface area contributed by atoms with Crippen LogP contribution in [0.5, 0.6) is 11.5 Å². The van der Waals surface area contributed by atoms with E-state index in [2.05, 4.69) is 9.88 Å². The third kappa shape index (κ3) is 3.83. The van der Waals surface area contributed by atoms with E-state index in [0.717, 1.165) is 23.6 Å². The molecular formula is C18H20N2O4. The number of ether oxygens (including phenoxy) is 2. The maximum atomic E-state index is 10.8. The molecule has 0 aliphatic carbocycles. The van der Waals surface area contributed by atoms with Crippen molar-refractivity contribution in [2.75, 3.05) is 20.2 Å². The number of carboxylic acids is 1. The second-order valence-electron chi connectivity index (χ2n) is 5.81. The van der Waals surface area contributed by atoms with Gasteiger partial charge in [-0.3, -0.25) is 14.7 Å². The second-order valence-corrected chi connectivity index (χ2v) is 5.81. The van der Waals surface area contributed by atoms with Gasteiger partial charge in [-0.15, -0.1) is 0 Å². The number of nitrogens with zero attached hydrogens (tertiary/aromatic N) is 2. The number of methoxy groups -OCH3 is 1. The van der Waals surface area contributed by atoms with Gasteiger partial charge in [0.2, 0.25) is 0 Å². The van der Waals surface area contributed by atoms with E-state index in [1.165, 1.54) is 0 Å². The first-order valence-corrected chi connectivity index (χ1v) is 7.80. The van der Waals surface area contributed by atoms with Crippen LogP contribution in [0.15, 0.2) is 42.6 Å². The minimum absolute atomic E-state index is 0.221. The lowest BCUT2D eigenvalue weighted by atomic mass is 10.00.